The number of anilines is 1. The maximum Gasteiger partial charge on any atom is 0.225 e. The fraction of sp³-hybridized carbons (Fsp3) is 0.455. The SMILES string of the molecule is CC(=O)N1CC(C)(C)c2cccnc21. The maximum atomic E-state index is 11.4. The molecule has 1 aliphatic heterocycles. The van der Waals surface area contributed by atoms with Crippen LogP contribution in [0.1, 0.15) is 26.3 Å². The minimum Gasteiger partial charge on any atom is -0.296 e. The van der Waals surface area contributed by atoms with Gasteiger partial charge in [-0.25, -0.2) is 4.98 Å². The lowest BCUT2D eigenvalue weighted by Crippen LogP contribution is -2.32. The molecule has 0 radical (unpaired) electrons. The molecule has 0 saturated heterocycles. The van der Waals surface area contributed by atoms with Crippen molar-refractivity contribution in [2.45, 2.75) is 26.2 Å². The Morgan fingerprint density at radius 2 is 2.29 bits per heavy atom. The van der Waals surface area contributed by atoms with Crippen LogP contribution in [-0.2, 0) is 10.2 Å². The summed E-state index contributed by atoms with van der Waals surface area (Å²) in [6, 6.07) is 3.97. The highest BCUT2D eigenvalue weighted by molar-refractivity contribution is 5.93. The van der Waals surface area contributed by atoms with Gasteiger partial charge in [0, 0.05) is 30.6 Å². The molecule has 3 heteroatoms. The van der Waals surface area contributed by atoms with Crippen LogP contribution in [0.15, 0.2) is 18.3 Å². The number of rotatable bonds is 0. The molecule has 0 bridgehead atoms. The van der Waals surface area contributed by atoms with Crippen LogP contribution in [0.3, 0.4) is 0 Å². The highest BCUT2D eigenvalue weighted by Gasteiger charge is 2.37. The Kier molecular flexibility index (Phi) is 1.84. The third-order valence-corrected chi connectivity index (χ3v) is 2.70. The minimum atomic E-state index is 0.0231. The monoisotopic (exact) mass is 190 g/mol. The molecule has 0 aromatic carbocycles. The first-order valence-electron chi connectivity index (χ1n) is 4.76. The average molecular weight is 190 g/mol. The molecule has 74 valence electrons. The van der Waals surface area contributed by atoms with Crippen molar-refractivity contribution in [1.29, 1.82) is 0 Å². The molecule has 2 rings (SSSR count). The molecule has 0 saturated carbocycles. The van der Waals surface area contributed by atoms with Gasteiger partial charge in [-0.15, -0.1) is 0 Å². The van der Waals surface area contributed by atoms with E-state index in [0.29, 0.717) is 0 Å². The Hall–Kier alpha value is -1.38. The Morgan fingerprint density at radius 3 is 2.93 bits per heavy atom. The van der Waals surface area contributed by atoms with E-state index in [1.807, 2.05) is 12.1 Å². The molecule has 0 atom stereocenters. The summed E-state index contributed by atoms with van der Waals surface area (Å²) < 4.78 is 0. The van der Waals surface area contributed by atoms with Gasteiger partial charge in [0.2, 0.25) is 5.91 Å². The molecule has 0 spiro atoms. The van der Waals surface area contributed by atoms with Crippen LogP contribution in [0.25, 0.3) is 0 Å². The van der Waals surface area contributed by atoms with E-state index in [1.54, 1.807) is 18.0 Å². The summed E-state index contributed by atoms with van der Waals surface area (Å²) >= 11 is 0. The zero-order chi connectivity index (χ0) is 10.3. The summed E-state index contributed by atoms with van der Waals surface area (Å²) in [5.74, 6) is 0.889. The molecule has 0 aliphatic carbocycles. The van der Waals surface area contributed by atoms with Crippen LogP contribution in [-0.4, -0.2) is 17.4 Å². The van der Waals surface area contributed by atoms with Crippen molar-refractivity contribution in [3.05, 3.63) is 23.9 Å². The van der Waals surface area contributed by atoms with E-state index in [-0.39, 0.29) is 11.3 Å². The molecule has 1 aliphatic rings. The van der Waals surface area contributed by atoms with Crippen LogP contribution in [0.4, 0.5) is 5.82 Å². The molecule has 1 aromatic heterocycles. The van der Waals surface area contributed by atoms with Crippen LogP contribution in [0, 0.1) is 0 Å². The summed E-state index contributed by atoms with van der Waals surface area (Å²) in [5.41, 5.74) is 1.19. The molecule has 1 aromatic rings. The molecule has 14 heavy (non-hydrogen) atoms. The smallest absolute Gasteiger partial charge is 0.225 e. The van der Waals surface area contributed by atoms with Crippen LogP contribution < -0.4 is 4.90 Å². The topological polar surface area (TPSA) is 33.2 Å². The van der Waals surface area contributed by atoms with Crippen molar-refractivity contribution in [3.8, 4) is 0 Å². The number of pyridine rings is 1. The number of carbonyl (C=O) groups is 1. The van der Waals surface area contributed by atoms with E-state index in [9.17, 15) is 4.79 Å². The van der Waals surface area contributed by atoms with Crippen LogP contribution in [0.5, 0.6) is 0 Å². The second-order valence-electron chi connectivity index (χ2n) is 4.36. The summed E-state index contributed by atoms with van der Waals surface area (Å²) in [7, 11) is 0. The van der Waals surface area contributed by atoms with Gasteiger partial charge < -0.3 is 0 Å². The molecule has 0 N–H and O–H groups in total. The van der Waals surface area contributed by atoms with E-state index < -0.39 is 0 Å². The van der Waals surface area contributed by atoms with Crippen molar-refractivity contribution in [2.75, 3.05) is 11.4 Å². The third-order valence-electron chi connectivity index (χ3n) is 2.70. The molecular weight excluding hydrogens is 176 g/mol. The van der Waals surface area contributed by atoms with E-state index >= 15 is 0 Å². The highest BCUT2D eigenvalue weighted by atomic mass is 16.2. The lowest BCUT2D eigenvalue weighted by Gasteiger charge is -2.18. The number of hydrogen-bond donors (Lipinski definition) is 0. The Morgan fingerprint density at radius 1 is 1.57 bits per heavy atom. The lowest BCUT2D eigenvalue weighted by molar-refractivity contribution is -0.116. The van der Waals surface area contributed by atoms with Gasteiger partial charge in [-0.05, 0) is 6.07 Å². The van der Waals surface area contributed by atoms with Crippen molar-refractivity contribution >= 4 is 11.7 Å². The van der Waals surface area contributed by atoms with Crippen molar-refractivity contribution < 1.29 is 4.79 Å². The fourth-order valence-corrected chi connectivity index (χ4v) is 1.96. The third kappa shape index (κ3) is 1.20. The summed E-state index contributed by atoms with van der Waals surface area (Å²) in [6.45, 7) is 6.58. The number of nitrogens with zero attached hydrogens (tertiary/aromatic N) is 2. The number of fused-ring (bicyclic) bond motifs is 1. The standard InChI is InChI=1S/C11H14N2O/c1-8(14)13-7-11(2,3)9-5-4-6-12-10(9)13/h4-6H,7H2,1-3H3. The fourth-order valence-electron chi connectivity index (χ4n) is 1.96. The molecular formula is C11H14N2O. The largest absolute Gasteiger partial charge is 0.296 e. The molecule has 0 unspecified atom stereocenters. The van der Waals surface area contributed by atoms with Gasteiger partial charge in [-0.3, -0.25) is 9.69 Å². The summed E-state index contributed by atoms with van der Waals surface area (Å²) in [5, 5.41) is 0. The number of hydrogen-bond acceptors (Lipinski definition) is 2. The second-order valence-corrected chi connectivity index (χ2v) is 4.36. The van der Waals surface area contributed by atoms with E-state index in [4.69, 9.17) is 0 Å². The average Bonchev–Trinajstić information content (AvgIpc) is 2.40. The molecule has 3 nitrogen and oxygen atoms in total. The number of carbonyl (C=O) groups excluding carboxylic acids is 1. The van der Waals surface area contributed by atoms with Crippen molar-refractivity contribution in [2.24, 2.45) is 0 Å². The Labute approximate surface area is 83.8 Å². The zero-order valence-electron chi connectivity index (χ0n) is 8.74. The second kappa shape index (κ2) is 2.80. The van der Waals surface area contributed by atoms with Crippen molar-refractivity contribution in [3.63, 3.8) is 0 Å². The first-order valence-corrected chi connectivity index (χ1v) is 4.76. The van der Waals surface area contributed by atoms with Crippen LogP contribution >= 0.6 is 0 Å². The van der Waals surface area contributed by atoms with Gasteiger partial charge in [-0.1, -0.05) is 19.9 Å². The lowest BCUT2D eigenvalue weighted by atomic mass is 9.88. The Balaban J connectivity index is 2.55. The zero-order valence-corrected chi connectivity index (χ0v) is 8.74. The maximum absolute atomic E-state index is 11.4. The molecule has 2 heterocycles. The van der Waals surface area contributed by atoms with Gasteiger partial charge in [-0.2, -0.15) is 0 Å². The molecule has 1 amide bonds. The van der Waals surface area contributed by atoms with Crippen molar-refractivity contribution in [1.82, 2.24) is 4.98 Å². The predicted molar refractivity (Wildman–Crippen MR) is 55.3 cm³/mol. The van der Waals surface area contributed by atoms with Gasteiger partial charge in [0.25, 0.3) is 0 Å². The number of aromatic nitrogens is 1. The quantitative estimate of drug-likeness (QED) is 0.624. The first-order chi connectivity index (χ1) is 6.52. The number of amides is 1. The normalized spacial score (nSPS) is 18.1. The summed E-state index contributed by atoms with van der Waals surface area (Å²) in [6.07, 6.45) is 1.73. The highest BCUT2D eigenvalue weighted by Crippen LogP contribution is 2.38. The van der Waals surface area contributed by atoms with Gasteiger partial charge in [0.15, 0.2) is 0 Å². The van der Waals surface area contributed by atoms with Gasteiger partial charge in [0.05, 0.1) is 0 Å². The minimum absolute atomic E-state index is 0.0231. The van der Waals surface area contributed by atoms with E-state index in [2.05, 4.69) is 18.8 Å². The van der Waals surface area contributed by atoms with E-state index in [0.717, 1.165) is 17.9 Å². The first kappa shape index (κ1) is 9.19. The van der Waals surface area contributed by atoms with Gasteiger partial charge >= 0.3 is 0 Å². The summed E-state index contributed by atoms with van der Waals surface area (Å²) in [4.78, 5) is 17.4. The predicted octanol–water partition coefficient (Wildman–Crippen LogP) is 1.73. The molecule has 0 fully saturated rings. The van der Waals surface area contributed by atoms with Crippen LogP contribution in [0.2, 0.25) is 0 Å². The van der Waals surface area contributed by atoms with E-state index in [1.165, 1.54) is 0 Å². The van der Waals surface area contributed by atoms with Gasteiger partial charge in [0.1, 0.15) is 5.82 Å². The Bertz CT molecular complexity index is 385.